The Morgan fingerprint density at radius 3 is 2.00 bits per heavy atom. The Bertz CT molecular complexity index is 1440. The van der Waals surface area contributed by atoms with E-state index in [-0.39, 0.29) is 34.7 Å². The molecule has 0 unspecified atom stereocenters. The summed E-state index contributed by atoms with van der Waals surface area (Å²) >= 11 is 0. The topological polar surface area (TPSA) is 72.9 Å². The van der Waals surface area contributed by atoms with Crippen molar-refractivity contribution >= 4 is 28.0 Å². The number of Topliss-reactive ketones (excluding diaryl/α,β-unsaturated/α-hetero) is 1. The Hall–Kier alpha value is -3.82. The van der Waals surface area contributed by atoms with Crippen LogP contribution in [0.2, 0.25) is 0 Å². The van der Waals surface area contributed by atoms with Crippen molar-refractivity contribution in [3.63, 3.8) is 0 Å². The summed E-state index contributed by atoms with van der Waals surface area (Å²) in [5, 5.41) is 0. The summed E-state index contributed by atoms with van der Waals surface area (Å²) in [5.74, 6) is -0.551. The number of hydrogen-bond acceptors (Lipinski definition) is 5. The molecule has 186 valence electrons. The second-order valence-electron chi connectivity index (χ2n) is 8.06. The van der Waals surface area contributed by atoms with Crippen LogP contribution >= 0.6 is 0 Å². The van der Waals surface area contributed by atoms with Gasteiger partial charge in [0.25, 0.3) is 0 Å². The van der Waals surface area contributed by atoms with Gasteiger partial charge in [0.1, 0.15) is 23.1 Å². The maximum atomic E-state index is 14.4. The summed E-state index contributed by atoms with van der Waals surface area (Å²) in [5.41, 5.74) is 0.980. The number of piperidine rings is 1. The van der Waals surface area contributed by atoms with Crippen LogP contribution in [0.1, 0.15) is 11.1 Å². The molecule has 0 aromatic heterocycles. The lowest BCUT2D eigenvalue weighted by Crippen LogP contribution is -2.41. The Balaban J connectivity index is 1.82. The normalized spacial score (nSPS) is 16.9. The standard InChI is InChI=1S/C27H23F2NO5S/c1-34-23-12-18(13-24(15-23)35-2)11-20-16-30(36(32,33)25-9-7-22(28)8-10-25)17-21(27(20)31)14-19-5-3-4-6-26(19)29/h3-15H,16-17H2,1-2H3/b20-11+,21-14+. The number of hydrogen-bond donors (Lipinski definition) is 0. The van der Waals surface area contributed by atoms with Gasteiger partial charge in [-0.15, -0.1) is 0 Å². The third kappa shape index (κ3) is 5.37. The van der Waals surface area contributed by atoms with E-state index in [0.29, 0.717) is 17.1 Å². The minimum Gasteiger partial charge on any atom is -0.497 e. The van der Waals surface area contributed by atoms with E-state index in [9.17, 15) is 22.0 Å². The molecule has 36 heavy (non-hydrogen) atoms. The molecule has 1 heterocycles. The first-order valence-electron chi connectivity index (χ1n) is 10.9. The fourth-order valence-corrected chi connectivity index (χ4v) is 5.22. The van der Waals surface area contributed by atoms with Crippen molar-refractivity contribution in [3.8, 4) is 11.5 Å². The van der Waals surface area contributed by atoms with Gasteiger partial charge in [-0.25, -0.2) is 17.2 Å². The van der Waals surface area contributed by atoms with E-state index in [0.717, 1.165) is 28.6 Å². The molecule has 0 atom stereocenters. The van der Waals surface area contributed by atoms with Gasteiger partial charge in [-0.1, -0.05) is 18.2 Å². The van der Waals surface area contributed by atoms with Crippen LogP contribution in [0.15, 0.2) is 82.8 Å². The quantitative estimate of drug-likeness (QED) is 0.448. The van der Waals surface area contributed by atoms with Crippen molar-refractivity contribution in [3.05, 3.63) is 101 Å². The summed E-state index contributed by atoms with van der Waals surface area (Å²) < 4.78 is 66.2. The molecule has 0 spiro atoms. The third-order valence-electron chi connectivity index (χ3n) is 5.68. The number of carbonyl (C=O) groups is 1. The zero-order chi connectivity index (χ0) is 25.9. The number of halogens is 2. The number of methoxy groups -OCH3 is 2. The second-order valence-corrected chi connectivity index (χ2v) is 10.0. The minimum atomic E-state index is -4.10. The summed E-state index contributed by atoms with van der Waals surface area (Å²) in [4.78, 5) is 13.3. The van der Waals surface area contributed by atoms with Gasteiger partial charge in [-0.3, -0.25) is 4.79 Å². The number of sulfonamides is 1. The summed E-state index contributed by atoms with van der Waals surface area (Å²) in [6, 6.07) is 15.4. The van der Waals surface area contributed by atoms with Gasteiger partial charge in [0.05, 0.1) is 19.1 Å². The van der Waals surface area contributed by atoms with Crippen LogP contribution in [-0.2, 0) is 14.8 Å². The van der Waals surface area contributed by atoms with E-state index in [1.54, 1.807) is 30.3 Å². The van der Waals surface area contributed by atoms with Gasteiger partial charge in [-0.05, 0) is 60.2 Å². The first-order valence-corrected chi connectivity index (χ1v) is 12.3. The van der Waals surface area contributed by atoms with Crippen LogP contribution in [0.25, 0.3) is 12.2 Å². The third-order valence-corrected chi connectivity index (χ3v) is 7.48. The second kappa shape index (κ2) is 10.4. The first kappa shape index (κ1) is 25.3. The van der Waals surface area contributed by atoms with Gasteiger partial charge in [-0.2, -0.15) is 4.31 Å². The van der Waals surface area contributed by atoms with E-state index in [2.05, 4.69) is 0 Å². The molecule has 3 aromatic carbocycles. The number of ketones is 1. The smallest absolute Gasteiger partial charge is 0.243 e. The average molecular weight is 512 g/mol. The minimum absolute atomic E-state index is 0.0955. The lowest BCUT2D eigenvalue weighted by Gasteiger charge is -2.29. The monoisotopic (exact) mass is 511 g/mol. The van der Waals surface area contributed by atoms with Crippen molar-refractivity contribution in [1.29, 1.82) is 0 Å². The van der Waals surface area contributed by atoms with Crippen LogP contribution in [-0.4, -0.2) is 45.8 Å². The molecule has 0 bridgehead atoms. The fraction of sp³-hybridized carbons (Fsp3) is 0.148. The van der Waals surface area contributed by atoms with Crippen molar-refractivity contribution in [2.45, 2.75) is 4.90 Å². The number of rotatable bonds is 6. The average Bonchev–Trinajstić information content (AvgIpc) is 2.87. The fourth-order valence-electron chi connectivity index (χ4n) is 3.83. The van der Waals surface area contributed by atoms with Gasteiger partial charge in [0.2, 0.25) is 10.0 Å². The number of ether oxygens (including phenoxy) is 2. The van der Waals surface area contributed by atoms with Crippen molar-refractivity contribution in [2.75, 3.05) is 27.3 Å². The molecule has 0 saturated carbocycles. The highest BCUT2D eigenvalue weighted by molar-refractivity contribution is 7.89. The van der Waals surface area contributed by atoms with E-state index in [4.69, 9.17) is 9.47 Å². The van der Waals surface area contributed by atoms with Crippen LogP contribution < -0.4 is 9.47 Å². The SMILES string of the molecule is COc1cc(/C=C2\CN(S(=O)(=O)c3ccc(F)cc3)C/C(=C\c3ccccc3F)C2=O)cc(OC)c1. The van der Waals surface area contributed by atoms with E-state index in [1.165, 1.54) is 38.5 Å². The highest BCUT2D eigenvalue weighted by Gasteiger charge is 2.34. The van der Waals surface area contributed by atoms with Gasteiger partial charge < -0.3 is 9.47 Å². The van der Waals surface area contributed by atoms with Crippen molar-refractivity contribution in [2.24, 2.45) is 0 Å². The van der Waals surface area contributed by atoms with Crippen LogP contribution in [0.4, 0.5) is 8.78 Å². The van der Waals surface area contributed by atoms with Crippen molar-refractivity contribution in [1.82, 2.24) is 4.31 Å². The molecule has 9 heteroatoms. The number of carbonyl (C=O) groups excluding carboxylic acids is 1. The zero-order valence-electron chi connectivity index (χ0n) is 19.6. The Kier molecular flexibility index (Phi) is 7.32. The van der Waals surface area contributed by atoms with Crippen LogP contribution in [0.5, 0.6) is 11.5 Å². The van der Waals surface area contributed by atoms with Crippen molar-refractivity contribution < 1.29 is 31.5 Å². The molecule has 0 N–H and O–H groups in total. The predicted molar refractivity (Wildman–Crippen MR) is 132 cm³/mol. The highest BCUT2D eigenvalue weighted by atomic mass is 32.2. The molecular formula is C27H23F2NO5S. The van der Waals surface area contributed by atoms with Crippen LogP contribution in [0, 0.1) is 11.6 Å². The molecule has 4 rings (SSSR count). The predicted octanol–water partition coefficient (Wildman–Crippen LogP) is 4.72. The lowest BCUT2D eigenvalue weighted by molar-refractivity contribution is -0.113. The first-order chi connectivity index (χ1) is 17.2. The Morgan fingerprint density at radius 2 is 1.42 bits per heavy atom. The van der Waals surface area contributed by atoms with E-state index in [1.807, 2.05) is 0 Å². The molecular weight excluding hydrogens is 488 g/mol. The number of nitrogens with zero attached hydrogens (tertiary/aromatic N) is 1. The lowest BCUT2D eigenvalue weighted by atomic mass is 9.95. The molecule has 0 radical (unpaired) electrons. The molecule has 0 amide bonds. The zero-order valence-corrected chi connectivity index (χ0v) is 20.4. The molecule has 1 aliphatic heterocycles. The summed E-state index contributed by atoms with van der Waals surface area (Å²) in [6.45, 7) is -0.502. The Labute approximate surface area is 208 Å². The molecule has 6 nitrogen and oxygen atoms in total. The maximum absolute atomic E-state index is 14.4. The molecule has 3 aromatic rings. The molecule has 0 aliphatic carbocycles. The largest absolute Gasteiger partial charge is 0.497 e. The van der Waals surface area contributed by atoms with Gasteiger partial charge >= 0.3 is 0 Å². The molecule has 1 fully saturated rings. The summed E-state index contributed by atoms with van der Waals surface area (Å²) in [7, 11) is -1.12. The highest BCUT2D eigenvalue weighted by Crippen LogP contribution is 2.29. The van der Waals surface area contributed by atoms with E-state index >= 15 is 0 Å². The Morgan fingerprint density at radius 1 is 0.833 bits per heavy atom. The maximum Gasteiger partial charge on any atom is 0.243 e. The van der Waals surface area contributed by atoms with Gasteiger partial charge in [0, 0.05) is 35.9 Å². The summed E-state index contributed by atoms with van der Waals surface area (Å²) in [6.07, 6.45) is 2.90. The van der Waals surface area contributed by atoms with Crippen LogP contribution in [0.3, 0.4) is 0 Å². The molecule has 1 aliphatic rings. The van der Waals surface area contributed by atoms with Gasteiger partial charge in [0.15, 0.2) is 5.78 Å². The number of benzene rings is 3. The van der Waals surface area contributed by atoms with E-state index < -0.39 is 27.4 Å². The molecule has 1 saturated heterocycles.